The Labute approximate surface area is 197 Å². The van der Waals surface area contributed by atoms with E-state index in [1.807, 2.05) is 0 Å². The van der Waals surface area contributed by atoms with Gasteiger partial charge in [0, 0.05) is 18.8 Å². The Morgan fingerprint density at radius 2 is 0.806 bits per heavy atom. The van der Waals surface area contributed by atoms with E-state index in [-0.39, 0.29) is 17.0 Å². The van der Waals surface area contributed by atoms with Crippen molar-refractivity contribution < 1.29 is 17.0 Å². The fourth-order valence-corrected chi connectivity index (χ4v) is 8.57. The average molecular weight is 490 g/mol. The van der Waals surface area contributed by atoms with E-state index >= 15 is 0 Å². The summed E-state index contributed by atoms with van der Waals surface area (Å²) < 4.78 is 0. The molecule has 0 unspecified atom stereocenters. The van der Waals surface area contributed by atoms with Gasteiger partial charge in [-0.2, -0.15) is 0 Å². The monoisotopic (exact) mass is 489 g/mol. The highest BCUT2D eigenvalue weighted by atomic mass is 79.9. The molecule has 0 bridgehead atoms. The van der Waals surface area contributed by atoms with E-state index in [1.54, 1.807) is 0 Å². The first-order valence-corrected chi connectivity index (χ1v) is 12.5. The first kappa shape index (κ1) is 23.3. The number of halogens is 1. The first-order chi connectivity index (χ1) is 14.8. The van der Waals surface area contributed by atoms with Crippen molar-refractivity contribution in [2.75, 3.05) is 18.0 Å². The lowest BCUT2D eigenvalue weighted by molar-refractivity contribution is -0.00000586. The molecule has 0 spiro atoms. The molecule has 31 heavy (non-hydrogen) atoms. The van der Waals surface area contributed by atoms with Crippen molar-refractivity contribution in [2.24, 2.45) is 0 Å². The summed E-state index contributed by atoms with van der Waals surface area (Å²) in [7, 11) is -1.99. The van der Waals surface area contributed by atoms with Gasteiger partial charge in [0.1, 0.15) is 28.5 Å². The van der Waals surface area contributed by atoms with Gasteiger partial charge >= 0.3 is 0 Å². The number of rotatable bonds is 7. The van der Waals surface area contributed by atoms with Crippen LogP contribution in [0.1, 0.15) is 13.8 Å². The zero-order chi connectivity index (χ0) is 20.8. The summed E-state index contributed by atoms with van der Waals surface area (Å²) in [6.07, 6.45) is 0. The van der Waals surface area contributed by atoms with E-state index in [0.717, 1.165) is 13.1 Å². The van der Waals surface area contributed by atoms with Crippen LogP contribution in [-0.2, 0) is 0 Å². The van der Waals surface area contributed by atoms with Gasteiger partial charge in [0.25, 0.3) is 0 Å². The highest BCUT2D eigenvalue weighted by molar-refractivity contribution is 8.01. The second kappa shape index (κ2) is 10.8. The molecule has 0 saturated heterocycles. The van der Waals surface area contributed by atoms with Crippen LogP contribution in [0.2, 0.25) is 0 Å². The van der Waals surface area contributed by atoms with E-state index < -0.39 is 7.26 Å². The molecule has 0 atom stereocenters. The van der Waals surface area contributed by atoms with Crippen LogP contribution < -0.4 is 43.1 Å². The molecular weight excluding hydrogens is 461 g/mol. The molecule has 0 aliphatic rings. The van der Waals surface area contributed by atoms with Crippen LogP contribution in [0.15, 0.2) is 115 Å². The van der Waals surface area contributed by atoms with Crippen molar-refractivity contribution in [1.29, 1.82) is 0 Å². The molecule has 0 fully saturated rings. The maximum atomic E-state index is 2.40. The van der Waals surface area contributed by atoms with Gasteiger partial charge in [0.2, 0.25) is 0 Å². The standard InChI is InChI=1S/C28H29NP.BrH/c1-3-29(4-2)24-20-22-28(23-21-24)30(25-14-8-5-9-15-25,26-16-10-6-11-17-26)27-18-12-7-13-19-27;/h5-23H,3-4H2,1-2H3;1H/q+1;/p-1. The fourth-order valence-electron chi connectivity index (χ4n) is 4.33. The van der Waals surface area contributed by atoms with Crippen LogP contribution in [0.5, 0.6) is 0 Å². The van der Waals surface area contributed by atoms with Crippen LogP contribution in [0.25, 0.3) is 0 Å². The molecule has 4 rings (SSSR count). The summed E-state index contributed by atoms with van der Waals surface area (Å²) in [6, 6.07) is 42.4. The number of benzene rings is 4. The summed E-state index contributed by atoms with van der Waals surface area (Å²) in [5, 5.41) is 5.55. The lowest BCUT2D eigenvalue weighted by Crippen LogP contribution is -3.00. The number of hydrogen-bond acceptors (Lipinski definition) is 1. The summed E-state index contributed by atoms with van der Waals surface area (Å²) in [5.74, 6) is 0. The third-order valence-corrected chi connectivity index (χ3v) is 10.1. The molecule has 0 aromatic heterocycles. The summed E-state index contributed by atoms with van der Waals surface area (Å²) in [5.41, 5.74) is 1.29. The Kier molecular flexibility index (Phi) is 8.07. The van der Waals surface area contributed by atoms with Gasteiger partial charge in [-0.15, -0.1) is 0 Å². The molecule has 0 saturated carbocycles. The highest BCUT2D eigenvalue weighted by Crippen LogP contribution is 2.54. The Bertz CT molecular complexity index is 950. The largest absolute Gasteiger partial charge is 1.00 e. The third kappa shape index (κ3) is 4.47. The van der Waals surface area contributed by atoms with Gasteiger partial charge in [0.05, 0.1) is 0 Å². The van der Waals surface area contributed by atoms with Crippen molar-refractivity contribution in [3.8, 4) is 0 Å². The Hall–Kier alpha value is -2.41. The predicted molar refractivity (Wildman–Crippen MR) is 135 cm³/mol. The van der Waals surface area contributed by atoms with E-state index in [2.05, 4.69) is 134 Å². The summed E-state index contributed by atoms with van der Waals surface area (Å²) >= 11 is 0. The van der Waals surface area contributed by atoms with Gasteiger partial charge in [-0.25, -0.2) is 0 Å². The van der Waals surface area contributed by atoms with E-state index in [9.17, 15) is 0 Å². The van der Waals surface area contributed by atoms with Crippen molar-refractivity contribution in [3.63, 3.8) is 0 Å². The van der Waals surface area contributed by atoms with Gasteiger partial charge in [-0.05, 0) is 74.5 Å². The lowest BCUT2D eigenvalue weighted by Gasteiger charge is -2.28. The van der Waals surface area contributed by atoms with Gasteiger partial charge in [0.15, 0.2) is 0 Å². The molecular formula is C28H29BrNP. The Balaban J connectivity index is 0.00000272. The van der Waals surface area contributed by atoms with E-state index in [4.69, 9.17) is 0 Å². The molecule has 0 aliphatic heterocycles. The third-order valence-electron chi connectivity index (χ3n) is 5.80. The van der Waals surface area contributed by atoms with Crippen molar-refractivity contribution in [1.82, 2.24) is 0 Å². The highest BCUT2D eigenvalue weighted by Gasteiger charge is 2.47. The second-order valence-electron chi connectivity index (χ2n) is 7.37. The van der Waals surface area contributed by atoms with Crippen LogP contribution in [0.3, 0.4) is 0 Å². The van der Waals surface area contributed by atoms with Gasteiger partial charge < -0.3 is 21.9 Å². The molecule has 3 heteroatoms. The second-order valence-corrected chi connectivity index (χ2v) is 10.8. The summed E-state index contributed by atoms with van der Waals surface area (Å²) in [6.45, 7) is 6.47. The molecule has 0 aliphatic carbocycles. The number of nitrogens with zero attached hydrogens (tertiary/aromatic N) is 1. The van der Waals surface area contributed by atoms with E-state index in [1.165, 1.54) is 26.9 Å². The van der Waals surface area contributed by atoms with Crippen LogP contribution in [-0.4, -0.2) is 13.1 Å². The minimum atomic E-state index is -1.99. The minimum absolute atomic E-state index is 0. The Morgan fingerprint density at radius 3 is 1.13 bits per heavy atom. The van der Waals surface area contributed by atoms with Gasteiger partial charge in [-0.1, -0.05) is 54.6 Å². The van der Waals surface area contributed by atoms with Crippen LogP contribution >= 0.6 is 7.26 Å². The topological polar surface area (TPSA) is 3.24 Å². The molecule has 4 aromatic carbocycles. The van der Waals surface area contributed by atoms with Gasteiger partial charge in [-0.3, -0.25) is 0 Å². The van der Waals surface area contributed by atoms with Crippen molar-refractivity contribution >= 4 is 34.2 Å². The molecule has 0 N–H and O–H groups in total. The maximum Gasteiger partial charge on any atom is 0.144 e. The zero-order valence-electron chi connectivity index (χ0n) is 18.2. The number of hydrogen-bond donors (Lipinski definition) is 0. The molecule has 1 nitrogen and oxygen atoms in total. The first-order valence-electron chi connectivity index (χ1n) is 10.7. The quantitative estimate of drug-likeness (QED) is 0.359. The molecule has 0 heterocycles. The number of anilines is 1. The normalized spacial score (nSPS) is 10.9. The molecule has 0 radical (unpaired) electrons. The smallest absolute Gasteiger partial charge is 0.144 e. The fraction of sp³-hybridized carbons (Fsp3) is 0.143. The van der Waals surface area contributed by atoms with Crippen LogP contribution in [0, 0.1) is 0 Å². The van der Waals surface area contributed by atoms with Crippen LogP contribution in [0.4, 0.5) is 5.69 Å². The average Bonchev–Trinajstić information content (AvgIpc) is 2.83. The molecule has 4 aromatic rings. The lowest BCUT2D eigenvalue weighted by atomic mass is 10.3. The summed E-state index contributed by atoms with van der Waals surface area (Å²) in [4.78, 5) is 2.40. The Morgan fingerprint density at radius 1 is 0.484 bits per heavy atom. The SMILES string of the molecule is CCN(CC)c1ccc([P+](c2ccccc2)(c2ccccc2)c2ccccc2)cc1.[Br-]. The predicted octanol–water partition coefficient (Wildman–Crippen LogP) is 2.16. The maximum absolute atomic E-state index is 2.40. The van der Waals surface area contributed by atoms with Crippen molar-refractivity contribution in [3.05, 3.63) is 115 Å². The molecule has 0 amide bonds. The van der Waals surface area contributed by atoms with Crippen molar-refractivity contribution in [2.45, 2.75) is 13.8 Å². The zero-order valence-corrected chi connectivity index (χ0v) is 20.6. The molecule has 158 valence electrons. The van der Waals surface area contributed by atoms with E-state index in [0.29, 0.717) is 0 Å². The minimum Gasteiger partial charge on any atom is -1.00 e.